The number of hydrogen-bond donors (Lipinski definition) is 1. The van der Waals surface area contributed by atoms with Gasteiger partial charge < -0.3 is 19.7 Å². The van der Waals surface area contributed by atoms with Crippen LogP contribution >= 0.6 is 11.3 Å². The number of fused-ring (bicyclic) bond motifs is 1. The molecule has 0 unspecified atom stereocenters. The maximum Gasteiger partial charge on any atom is 0.256 e. The maximum atomic E-state index is 12.9. The minimum atomic E-state index is -0.445. The molecule has 1 atom stereocenters. The normalized spacial score (nSPS) is 21.6. The Bertz CT molecular complexity index is 1030. The molecule has 0 radical (unpaired) electrons. The number of ether oxygens (including phenoxy) is 2. The summed E-state index contributed by atoms with van der Waals surface area (Å²) in [6, 6.07) is 3.48. The lowest BCUT2D eigenvalue weighted by molar-refractivity contribution is -0.126. The van der Waals surface area contributed by atoms with E-state index in [0.29, 0.717) is 43.1 Å². The second-order valence-electron chi connectivity index (χ2n) is 8.31. The lowest BCUT2D eigenvalue weighted by Crippen LogP contribution is -2.49. The molecule has 2 amide bonds. The Balaban J connectivity index is 1.19. The fourth-order valence-corrected chi connectivity index (χ4v) is 5.30. The fourth-order valence-electron chi connectivity index (χ4n) is 4.35. The van der Waals surface area contributed by atoms with E-state index in [1.807, 2.05) is 23.7 Å². The van der Waals surface area contributed by atoms with Gasteiger partial charge in [0.1, 0.15) is 12.6 Å². The standard InChI is InChI=1S/C23H26N4O4S/c1-15-2-4-19(22(28)25-15)27-12-17-18(23(27)29)14-32-20(17)13-31-21-5-3-16(10-24-21)11-26-6-8-30-9-7-26/h3,5,10,14,19H,1-2,4,6-9,11-13H2,(H,25,28)/t19-/m0/s1. The first-order valence-corrected chi connectivity index (χ1v) is 11.7. The van der Waals surface area contributed by atoms with E-state index in [2.05, 4.69) is 21.8 Å². The molecule has 5 rings (SSSR count). The second-order valence-corrected chi connectivity index (χ2v) is 9.28. The van der Waals surface area contributed by atoms with Crippen LogP contribution in [0.4, 0.5) is 0 Å². The fraction of sp³-hybridized carbons (Fsp3) is 0.435. The molecule has 0 saturated carbocycles. The monoisotopic (exact) mass is 454 g/mol. The van der Waals surface area contributed by atoms with Crippen LogP contribution in [-0.2, 0) is 29.2 Å². The summed E-state index contributed by atoms with van der Waals surface area (Å²) in [6.07, 6.45) is 3.15. The van der Waals surface area contributed by atoms with E-state index >= 15 is 0 Å². The summed E-state index contributed by atoms with van der Waals surface area (Å²) in [7, 11) is 0. The van der Waals surface area contributed by atoms with Crippen molar-refractivity contribution < 1.29 is 19.1 Å². The molecule has 0 bridgehead atoms. The zero-order valence-corrected chi connectivity index (χ0v) is 18.7. The van der Waals surface area contributed by atoms with Gasteiger partial charge >= 0.3 is 0 Å². The predicted molar refractivity (Wildman–Crippen MR) is 119 cm³/mol. The highest BCUT2D eigenvalue weighted by atomic mass is 32.1. The van der Waals surface area contributed by atoms with Crippen LogP contribution in [0.3, 0.4) is 0 Å². The molecule has 2 saturated heterocycles. The van der Waals surface area contributed by atoms with E-state index in [1.54, 1.807) is 4.90 Å². The highest BCUT2D eigenvalue weighted by Crippen LogP contribution is 2.34. The molecule has 32 heavy (non-hydrogen) atoms. The summed E-state index contributed by atoms with van der Waals surface area (Å²) in [5.74, 6) is 0.326. The van der Waals surface area contributed by atoms with Gasteiger partial charge in [0.05, 0.1) is 18.8 Å². The van der Waals surface area contributed by atoms with Gasteiger partial charge in [0.25, 0.3) is 5.91 Å². The number of nitrogens with one attached hydrogen (secondary N) is 1. The second kappa shape index (κ2) is 9.01. The zero-order chi connectivity index (χ0) is 22.1. The average Bonchev–Trinajstić information content (AvgIpc) is 3.34. The van der Waals surface area contributed by atoms with Gasteiger partial charge in [0, 0.05) is 60.0 Å². The lowest BCUT2D eigenvalue weighted by Gasteiger charge is -2.31. The molecule has 1 N–H and O–H groups in total. The Kier molecular flexibility index (Phi) is 5.95. The van der Waals surface area contributed by atoms with Gasteiger partial charge in [-0.1, -0.05) is 12.6 Å². The van der Waals surface area contributed by atoms with Gasteiger partial charge in [-0.3, -0.25) is 14.5 Å². The molecular formula is C23H26N4O4S. The summed E-state index contributed by atoms with van der Waals surface area (Å²) in [4.78, 5) is 34.7. The number of amides is 2. The number of allylic oxidation sites excluding steroid dienone is 1. The highest BCUT2D eigenvalue weighted by molar-refractivity contribution is 7.10. The summed E-state index contributed by atoms with van der Waals surface area (Å²) >= 11 is 1.52. The molecule has 9 heteroatoms. The van der Waals surface area contributed by atoms with E-state index in [-0.39, 0.29) is 11.8 Å². The van der Waals surface area contributed by atoms with Crippen molar-refractivity contribution in [3.05, 3.63) is 57.6 Å². The van der Waals surface area contributed by atoms with Crippen molar-refractivity contribution in [3.63, 3.8) is 0 Å². The minimum absolute atomic E-state index is 0.0826. The largest absolute Gasteiger partial charge is 0.472 e. The molecule has 5 heterocycles. The molecule has 3 aliphatic rings. The first kappa shape index (κ1) is 21.1. The smallest absolute Gasteiger partial charge is 0.256 e. The maximum absolute atomic E-state index is 12.9. The highest BCUT2D eigenvalue weighted by Gasteiger charge is 2.39. The quantitative estimate of drug-likeness (QED) is 0.721. The van der Waals surface area contributed by atoms with Crippen molar-refractivity contribution in [1.82, 2.24) is 20.1 Å². The number of morpholine rings is 1. The van der Waals surface area contributed by atoms with Crippen molar-refractivity contribution in [2.24, 2.45) is 0 Å². The van der Waals surface area contributed by atoms with Crippen LogP contribution in [0.25, 0.3) is 0 Å². The van der Waals surface area contributed by atoms with Gasteiger partial charge in [-0.05, 0) is 18.4 Å². The van der Waals surface area contributed by atoms with E-state index in [0.717, 1.165) is 48.9 Å². The Morgan fingerprint density at radius 2 is 2.12 bits per heavy atom. The average molecular weight is 455 g/mol. The third-order valence-electron chi connectivity index (χ3n) is 6.16. The predicted octanol–water partition coefficient (Wildman–Crippen LogP) is 2.30. The molecule has 168 valence electrons. The van der Waals surface area contributed by atoms with Gasteiger partial charge in [-0.25, -0.2) is 4.98 Å². The van der Waals surface area contributed by atoms with Gasteiger partial charge in [-0.15, -0.1) is 11.3 Å². The number of nitrogens with zero attached hydrogens (tertiary/aromatic N) is 3. The van der Waals surface area contributed by atoms with Crippen molar-refractivity contribution in [2.45, 2.75) is 38.6 Å². The summed E-state index contributed by atoms with van der Waals surface area (Å²) in [6.45, 7) is 8.89. The number of carbonyl (C=O) groups is 2. The molecule has 0 aromatic carbocycles. The molecule has 2 aromatic rings. The van der Waals surface area contributed by atoms with Crippen molar-refractivity contribution in [3.8, 4) is 5.88 Å². The van der Waals surface area contributed by atoms with Gasteiger partial charge in [0.15, 0.2) is 0 Å². The third kappa shape index (κ3) is 4.28. The molecular weight excluding hydrogens is 428 g/mol. The van der Waals surface area contributed by atoms with Crippen molar-refractivity contribution in [2.75, 3.05) is 26.3 Å². The number of pyridine rings is 1. The minimum Gasteiger partial charge on any atom is -0.472 e. The molecule has 3 aliphatic heterocycles. The van der Waals surface area contributed by atoms with E-state index in [1.165, 1.54) is 11.3 Å². The summed E-state index contributed by atoms with van der Waals surface area (Å²) in [5.41, 5.74) is 3.50. The summed E-state index contributed by atoms with van der Waals surface area (Å²) < 4.78 is 11.3. The van der Waals surface area contributed by atoms with E-state index < -0.39 is 6.04 Å². The Morgan fingerprint density at radius 1 is 1.28 bits per heavy atom. The van der Waals surface area contributed by atoms with Crippen molar-refractivity contribution >= 4 is 23.2 Å². The lowest BCUT2D eigenvalue weighted by atomic mass is 10.0. The van der Waals surface area contributed by atoms with Crippen LogP contribution in [-0.4, -0.2) is 58.9 Å². The summed E-state index contributed by atoms with van der Waals surface area (Å²) in [5, 5.41) is 4.64. The van der Waals surface area contributed by atoms with Crippen molar-refractivity contribution in [1.29, 1.82) is 0 Å². The molecule has 0 spiro atoms. The first-order chi connectivity index (χ1) is 15.6. The van der Waals surface area contributed by atoms with Crippen LogP contribution in [0.5, 0.6) is 5.88 Å². The van der Waals surface area contributed by atoms with Crippen LogP contribution in [0.2, 0.25) is 0 Å². The molecule has 2 aromatic heterocycles. The van der Waals surface area contributed by atoms with Crippen LogP contribution in [0.1, 0.15) is 39.2 Å². The van der Waals surface area contributed by atoms with E-state index in [9.17, 15) is 9.59 Å². The molecule has 0 aliphatic carbocycles. The third-order valence-corrected chi connectivity index (χ3v) is 7.16. The number of rotatable bonds is 6. The first-order valence-electron chi connectivity index (χ1n) is 10.8. The Labute approximate surface area is 190 Å². The topological polar surface area (TPSA) is 84.0 Å². The number of aromatic nitrogens is 1. The SMILES string of the molecule is C=C1CC[C@H](N2Cc3c(csc3COc3ccc(CN4CCOCC4)cn3)C2=O)C(=O)N1. The number of piperidine rings is 1. The number of thiophene rings is 1. The Hall–Kier alpha value is -2.75. The molecule has 2 fully saturated rings. The van der Waals surface area contributed by atoms with Gasteiger partial charge in [-0.2, -0.15) is 0 Å². The molecule has 8 nitrogen and oxygen atoms in total. The van der Waals surface area contributed by atoms with Crippen LogP contribution in [0, 0.1) is 0 Å². The Morgan fingerprint density at radius 3 is 2.88 bits per heavy atom. The number of carbonyl (C=O) groups excluding carboxylic acids is 2. The van der Waals surface area contributed by atoms with Gasteiger partial charge in [0.2, 0.25) is 11.8 Å². The van der Waals surface area contributed by atoms with Crippen LogP contribution < -0.4 is 10.1 Å². The zero-order valence-electron chi connectivity index (χ0n) is 17.8. The van der Waals surface area contributed by atoms with Crippen LogP contribution in [0.15, 0.2) is 36.0 Å². The number of hydrogen-bond acceptors (Lipinski definition) is 7. The van der Waals surface area contributed by atoms with E-state index in [4.69, 9.17) is 9.47 Å².